The highest BCUT2D eigenvalue weighted by atomic mass is 28.3. The summed E-state index contributed by atoms with van der Waals surface area (Å²) in [5, 5.41) is 0. The third-order valence-electron chi connectivity index (χ3n) is 8.83. The third-order valence-corrected chi connectivity index (χ3v) is 14.6. The second-order valence-corrected chi connectivity index (χ2v) is 16.3. The first-order valence-corrected chi connectivity index (χ1v) is 17.4. The van der Waals surface area contributed by atoms with E-state index in [1.54, 1.807) is 0 Å². The number of nitrogens with zero attached hydrogens (tertiary/aromatic N) is 4. The molecule has 202 valence electrons. The Hall–Kier alpha value is -2.06. The number of pyridine rings is 1. The van der Waals surface area contributed by atoms with Gasteiger partial charge in [-0.2, -0.15) is 0 Å². The average Bonchev–Trinajstić information content (AvgIpc) is 3.29. The maximum atomic E-state index is 6.38. The van der Waals surface area contributed by atoms with Crippen molar-refractivity contribution in [3.05, 3.63) is 59.7 Å². The highest BCUT2D eigenvalue weighted by molar-refractivity contribution is 6.79. The van der Waals surface area contributed by atoms with Gasteiger partial charge in [0.25, 0.3) is 0 Å². The number of hydrogen-bond donors (Lipinski definition) is 1. The summed E-state index contributed by atoms with van der Waals surface area (Å²) in [5.74, 6) is 1.09. The van der Waals surface area contributed by atoms with Crippen molar-refractivity contribution in [2.45, 2.75) is 96.4 Å². The topological polar surface area (TPSA) is 69.2 Å². The number of para-hydroxylation sites is 2. The van der Waals surface area contributed by atoms with Crippen LogP contribution in [0.25, 0.3) is 11.0 Å². The summed E-state index contributed by atoms with van der Waals surface area (Å²) in [7, 11) is -1.18. The van der Waals surface area contributed by atoms with Crippen molar-refractivity contribution in [1.82, 2.24) is 19.4 Å². The van der Waals surface area contributed by atoms with Gasteiger partial charge in [0.2, 0.25) is 0 Å². The second-order valence-electron chi connectivity index (χ2n) is 10.7. The Bertz CT molecular complexity index is 1100. The van der Waals surface area contributed by atoms with E-state index in [0.29, 0.717) is 12.8 Å². The number of aryl methyl sites for hydroxylation is 1. The van der Waals surface area contributed by atoms with Gasteiger partial charge in [-0.15, -0.1) is 0 Å². The number of aromatic nitrogens is 3. The third kappa shape index (κ3) is 6.69. The maximum Gasteiger partial charge on any atom is 0.126 e. The Morgan fingerprint density at radius 3 is 2.68 bits per heavy atom. The van der Waals surface area contributed by atoms with Gasteiger partial charge in [0.1, 0.15) is 12.6 Å². The van der Waals surface area contributed by atoms with E-state index in [1.165, 1.54) is 41.9 Å². The molecule has 2 heterocycles. The first-order valence-electron chi connectivity index (χ1n) is 14.5. The molecule has 6 nitrogen and oxygen atoms in total. The molecule has 0 bridgehead atoms. The molecular formula is C30H47N5OSi. The Kier molecular flexibility index (Phi) is 10.3. The van der Waals surface area contributed by atoms with Crippen molar-refractivity contribution < 1.29 is 4.74 Å². The van der Waals surface area contributed by atoms with Gasteiger partial charge < -0.3 is 15.0 Å². The summed E-state index contributed by atoms with van der Waals surface area (Å²) >= 11 is 0. The van der Waals surface area contributed by atoms with E-state index in [2.05, 4.69) is 66.6 Å². The first-order chi connectivity index (χ1) is 18.1. The number of hydrogen-bond acceptors (Lipinski definition) is 5. The average molecular weight is 522 g/mol. The molecule has 0 radical (unpaired) electrons. The van der Waals surface area contributed by atoms with E-state index >= 15 is 0 Å². The predicted molar refractivity (Wildman–Crippen MR) is 156 cm³/mol. The number of imidazole rings is 1. The number of fused-ring (bicyclic) bond motifs is 2. The van der Waals surface area contributed by atoms with Crippen LogP contribution in [0.4, 0.5) is 0 Å². The zero-order valence-electron chi connectivity index (χ0n) is 23.3. The van der Waals surface area contributed by atoms with Crippen molar-refractivity contribution in [3.8, 4) is 0 Å². The molecule has 0 aliphatic heterocycles. The summed E-state index contributed by atoms with van der Waals surface area (Å²) in [4.78, 5) is 12.6. The number of unbranched alkanes of at least 4 members (excludes halogenated alkanes) is 1. The van der Waals surface area contributed by atoms with Crippen LogP contribution >= 0.6 is 0 Å². The molecule has 1 aliphatic carbocycles. The fourth-order valence-corrected chi connectivity index (χ4v) is 9.18. The molecule has 2 N–H and O–H groups in total. The summed E-state index contributed by atoms with van der Waals surface area (Å²) in [6.07, 6.45) is 7.54. The minimum atomic E-state index is -1.18. The van der Waals surface area contributed by atoms with Gasteiger partial charge in [-0.25, -0.2) is 4.98 Å². The van der Waals surface area contributed by atoms with E-state index in [4.69, 9.17) is 20.4 Å². The van der Waals surface area contributed by atoms with Gasteiger partial charge in [-0.3, -0.25) is 9.88 Å². The van der Waals surface area contributed by atoms with Crippen LogP contribution < -0.4 is 5.73 Å². The summed E-state index contributed by atoms with van der Waals surface area (Å²) in [6, 6.07) is 18.4. The van der Waals surface area contributed by atoms with Gasteiger partial charge in [0.15, 0.2) is 0 Å². The smallest absolute Gasteiger partial charge is 0.126 e. The molecule has 1 aromatic carbocycles. The quantitative estimate of drug-likeness (QED) is 0.182. The van der Waals surface area contributed by atoms with Crippen LogP contribution in [0, 0.1) is 0 Å². The number of nitrogens with two attached hydrogens (primary N) is 1. The van der Waals surface area contributed by atoms with Gasteiger partial charge in [0, 0.05) is 12.8 Å². The zero-order valence-corrected chi connectivity index (χ0v) is 24.3. The molecular weight excluding hydrogens is 474 g/mol. The standard InChI is InChI=1S/C30H47N5OSi/c1-4-37(5-2,6-3)22-21-36-24-35-27-16-8-7-15-26(27)33-29(35)23-34(20-10-9-18-31)28-17-11-13-25-14-12-19-32-30(25)28/h7-8,12,14-16,19,28H,4-6,9-11,13,17-18,20-24,31H2,1-3H3. The Balaban J connectivity index is 1.56. The molecule has 0 saturated carbocycles. The Morgan fingerprint density at radius 1 is 1.08 bits per heavy atom. The summed E-state index contributed by atoms with van der Waals surface area (Å²) in [5.41, 5.74) is 10.7. The summed E-state index contributed by atoms with van der Waals surface area (Å²) < 4.78 is 8.69. The van der Waals surface area contributed by atoms with E-state index in [9.17, 15) is 0 Å². The van der Waals surface area contributed by atoms with Crippen LogP contribution in [0.3, 0.4) is 0 Å². The minimum Gasteiger partial charge on any atom is -0.361 e. The zero-order chi connectivity index (χ0) is 26.1. The molecule has 1 atom stereocenters. The molecule has 0 spiro atoms. The molecule has 7 heteroatoms. The van der Waals surface area contributed by atoms with Crippen LogP contribution in [0.5, 0.6) is 0 Å². The van der Waals surface area contributed by atoms with Gasteiger partial charge in [-0.05, 0) is 75.0 Å². The lowest BCUT2D eigenvalue weighted by Crippen LogP contribution is -2.34. The number of rotatable bonds is 15. The van der Waals surface area contributed by atoms with E-state index in [0.717, 1.165) is 68.8 Å². The summed E-state index contributed by atoms with van der Waals surface area (Å²) in [6.45, 7) is 11.0. The predicted octanol–water partition coefficient (Wildman–Crippen LogP) is 6.53. The lowest BCUT2D eigenvalue weighted by atomic mass is 9.90. The van der Waals surface area contributed by atoms with Crippen molar-refractivity contribution in [2.24, 2.45) is 5.73 Å². The van der Waals surface area contributed by atoms with E-state index in [-0.39, 0.29) is 0 Å². The van der Waals surface area contributed by atoms with Crippen molar-refractivity contribution in [1.29, 1.82) is 0 Å². The monoisotopic (exact) mass is 521 g/mol. The molecule has 0 saturated heterocycles. The lowest BCUT2D eigenvalue weighted by Gasteiger charge is -2.35. The van der Waals surface area contributed by atoms with Gasteiger partial charge in [-0.1, -0.05) is 57.1 Å². The van der Waals surface area contributed by atoms with Gasteiger partial charge in [0.05, 0.1) is 37.4 Å². The lowest BCUT2D eigenvalue weighted by molar-refractivity contribution is 0.0827. The first kappa shape index (κ1) is 28.0. The molecule has 1 aliphatic rings. The van der Waals surface area contributed by atoms with Crippen LogP contribution in [-0.4, -0.2) is 47.2 Å². The minimum absolute atomic E-state index is 0.321. The molecule has 0 fully saturated rings. The molecule has 4 rings (SSSR count). The Labute approximate surface area is 224 Å². The highest BCUT2D eigenvalue weighted by Crippen LogP contribution is 2.34. The molecule has 1 unspecified atom stereocenters. The molecule has 0 amide bonds. The van der Waals surface area contributed by atoms with E-state index in [1.807, 2.05) is 6.20 Å². The van der Waals surface area contributed by atoms with Crippen LogP contribution in [-0.2, 0) is 24.4 Å². The van der Waals surface area contributed by atoms with E-state index < -0.39 is 8.07 Å². The van der Waals surface area contributed by atoms with Crippen LogP contribution in [0.1, 0.15) is 69.6 Å². The van der Waals surface area contributed by atoms with Crippen LogP contribution in [0.15, 0.2) is 42.6 Å². The highest BCUT2D eigenvalue weighted by Gasteiger charge is 2.29. The van der Waals surface area contributed by atoms with Crippen molar-refractivity contribution >= 4 is 19.1 Å². The largest absolute Gasteiger partial charge is 0.361 e. The van der Waals surface area contributed by atoms with Crippen molar-refractivity contribution in [2.75, 3.05) is 19.7 Å². The molecule has 2 aromatic heterocycles. The maximum absolute atomic E-state index is 6.38. The fraction of sp³-hybridized carbons (Fsp3) is 0.600. The Morgan fingerprint density at radius 2 is 1.89 bits per heavy atom. The van der Waals surface area contributed by atoms with Crippen LogP contribution in [0.2, 0.25) is 24.2 Å². The second kappa shape index (κ2) is 13.6. The SMILES string of the molecule is CC[Si](CC)(CC)CCOCn1c(CN(CCCCN)C2CCCc3cccnc32)nc2ccccc21. The fourth-order valence-electron chi connectivity index (χ4n) is 6.04. The van der Waals surface area contributed by atoms with Gasteiger partial charge >= 0.3 is 0 Å². The normalized spacial score (nSPS) is 16.0. The molecule has 37 heavy (non-hydrogen) atoms. The van der Waals surface area contributed by atoms with Crippen molar-refractivity contribution in [3.63, 3.8) is 0 Å². The number of benzene rings is 1. The molecule has 3 aromatic rings. The number of ether oxygens (including phenoxy) is 1.